The molecule has 154 valence electrons. The van der Waals surface area contributed by atoms with Crippen LogP contribution in [0.4, 0.5) is 9.93 Å². The quantitative estimate of drug-likeness (QED) is 0.384. The number of aryl methyl sites for hydroxylation is 1. The summed E-state index contributed by atoms with van der Waals surface area (Å²) in [4.78, 5) is 23.7. The number of carbonyl (C=O) groups is 1. The van der Waals surface area contributed by atoms with E-state index in [9.17, 15) is 4.79 Å². The van der Waals surface area contributed by atoms with Gasteiger partial charge >= 0.3 is 6.09 Å². The molecule has 0 aliphatic heterocycles. The van der Waals surface area contributed by atoms with Crippen molar-refractivity contribution in [1.29, 1.82) is 0 Å². The molecule has 5 nitrogen and oxygen atoms in total. The standard InChI is InChI=1S/C21H23BrClN3O2S/c1-11(2)26(20(27)28-21(4,5)6)19-25-16(10-29-19)15-9-14(23)13-8-7-12(3)17(22)18(13)24-15/h7-11H,1-6H3. The number of amides is 1. The second kappa shape index (κ2) is 8.20. The van der Waals surface area contributed by atoms with E-state index < -0.39 is 11.7 Å². The van der Waals surface area contributed by atoms with Gasteiger partial charge in [-0.15, -0.1) is 11.3 Å². The monoisotopic (exact) mass is 495 g/mol. The first-order valence-electron chi connectivity index (χ1n) is 9.21. The number of aromatic nitrogens is 2. The molecule has 3 aromatic rings. The number of anilines is 1. The Balaban J connectivity index is 2.02. The molecule has 0 radical (unpaired) electrons. The summed E-state index contributed by atoms with van der Waals surface area (Å²) in [6, 6.07) is 5.66. The predicted octanol–water partition coefficient (Wildman–Crippen LogP) is 7.23. The zero-order valence-corrected chi connectivity index (χ0v) is 20.4. The lowest BCUT2D eigenvalue weighted by Crippen LogP contribution is -2.41. The zero-order valence-electron chi connectivity index (χ0n) is 17.2. The summed E-state index contributed by atoms with van der Waals surface area (Å²) in [6.07, 6.45) is -0.420. The molecule has 8 heteroatoms. The minimum Gasteiger partial charge on any atom is -0.443 e. The Morgan fingerprint density at radius 1 is 1.24 bits per heavy atom. The molecular weight excluding hydrogens is 474 g/mol. The number of nitrogens with zero attached hydrogens (tertiary/aromatic N) is 3. The van der Waals surface area contributed by atoms with Crippen LogP contribution in [0.5, 0.6) is 0 Å². The van der Waals surface area contributed by atoms with Crippen LogP contribution < -0.4 is 4.90 Å². The molecule has 2 aromatic heterocycles. The summed E-state index contributed by atoms with van der Waals surface area (Å²) >= 11 is 11.5. The fraction of sp³-hybridized carbons (Fsp3) is 0.381. The molecule has 0 bridgehead atoms. The van der Waals surface area contributed by atoms with Gasteiger partial charge in [0.25, 0.3) is 0 Å². The van der Waals surface area contributed by atoms with Gasteiger partial charge in [-0.3, -0.25) is 4.90 Å². The van der Waals surface area contributed by atoms with Crippen LogP contribution in [0.25, 0.3) is 22.3 Å². The molecule has 3 rings (SSSR count). The highest BCUT2D eigenvalue weighted by atomic mass is 79.9. The van der Waals surface area contributed by atoms with Gasteiger partial charge in [0.05, 0.1) is 16.2 Å². The third kappa shape index (κ3) is 4.73. The van der Waals surface area contributed by atoms with Gasteiger partial charge in [-0.25, -0.2) is 14.8 Å². The molecule has 0 fully saturated rings. The number of ether oxygens (including phenoxy) is 1. The van der Waals surface area contributed by atoms with Gasteiger partial charge in [0.15, 0.2) is 5.13 Å². The van der Waals surface area contributed by atoms with Crippen LogP contribution in [-0.2, 0) is 4.74 Å². The first-order chi connectivity index (χ1) is 13.5. The van der Waals surface area contributed by atoms with Crippen LogP contribution in [0.2, 0.25) is 5.02 Å². The predicted molar refractivity (Wildman–Crippen MR) is 124 cm³/mol. The average Bonchev–Trinajstić information content (AvgIpc) is 3.06. The summed E-state index contributed by atoms with van der Waals surface area (Å²) in [5, 5.41) is 3.92. The maximum atomic E-state index is 12.7. The van der Waals surface area contributed by atoms with Gasteiger partial charge in [-0.1, -0.05) is 23.7 Å². The molecule has 1 amide bonds. The van der Waals surface area contributed by atoms with Crippen molar-refractivity contribution in [3.05, 3.63) is 38.6 Å². The van der Waals surface area contributed by atoms with Gasteiger partial charge in [-0.05, 0) is 69.1 Å². The summed E-state index contributed by atoms with van der Waals surface area (Å²) in [6.45, 7) is 11.4. The largest absolute Gasteiger partial charge is 0.443 e. The van der Waals surface area contributed by atoms with Crippen LogP contribution in [0.1, 0.15) is 40.2 Å². The van der Waals surface area contributed by atoms with E-state index in [1.807, 2.05) is 59.1 Å². The molecular formula is C21H23BrClN3O2S. The number of fused-ring (bicyclic) bond motifs is 1. The highest BCUT2D eigenvalue weighted by molar-refractivity contribution is 9.10. The van der Waals surface area contributed by atoms with Gasteiger partial charge in [0.2, 0.25) is 0 Å². The van der Waals surface area contributed by atoms with Gasteiger partial charge in [0.1, 0.15) is 11.3 Å². The first-order valence-corrected chi connectivity index (χ1v) is 11.3. The van der Waals surface area contributed by atoms with Crippen molar-refractivity contribution in [3.63, 3.8) is 0 Å². The molecule has 0 N–H and O–H groups in total. The van der Waals surface area contributed by atoms with Gasteiger partial charge in [0, 0.05) is 21.3 Å². The lowest BCUT2D eigenvalue weighted by Gasteiger charge is -2.28. The van der Waals surface area contributed by atoms with Crippen molar-refractivity contribution < 1.29 is 9.53 Å². The van der Waals surface area contributed by atoms with E-state index >= 15 is 0 Å². The summed E-state index contributed by atoms with van der Waals surface area (Å²) in [5.41, 5.74) is 2.60. The van der Waals surface area contributed by atoms with E-state index in [0.29, 0.717) is 21.5 Å². The van der Waals surface area contributed by atoms with Crippen LogP contribution in [0.3, 0.4) is 0 Å². The minimum absolute atomic E-state index is 0.103. The molecule has 0 saturated heterocycles. The topological polar surface area (TPSA) is 55.3 Å². The Morgan fingerprint density at radius 2 is 1.93 bits per heavy atom. The maximum Gasteiger partial charge on any atom is 0.416 e. The number of carbonyl (C=O) groups excluding carboxylic acids is 1. The smallest absolute Gasteiger partial charge is 0.416 e. The highest BCUT2D eigenvalue weighted by Gasteiger charge is 2.28. The lowest BCUT2D eigenvalue weighted by molar-refractivity contribution is 0.0570. The average molecular weight is 497 g/mol. The van der Waals surface area contributed by atoms with Crippen LogP contribution in [0.15, 0.2) is 28.1 Å². The molecule has 1 aromatic carbocycles. The van der Waals surface area contributed by atoms with Crippen molar-refractivity contribution in [2.45, 2.75) is 53.2 Å². The molecule has 0 saturated carbocycles. The third-order valence-electron chi connectivity index (χ3n) is 4.13. The molecule has 0 atom stereocenters. The number of benzene rings is 1. The van der Waals surface area contributed by atoms with Crippen molar-refractivity contribution >= 4 is 61.0 Å². The fourth-order valence-corrected chi connectivity index (χ4v) is 4.39. The van der Waals surface area contributed by atoms with E-state index in [1.54, 1.807) is 11.0 Å². The number of hydrogen-bond donors (Lipinski definition) is 0. The van der Waals surface area contributed by atoms with E-state index in [1.165, 1.54) is 11.3 Å². The van der Waals surface area contributed by atoms with E-state index in [0.717, 1.165) is 20.9 Å². The van der Waals surface area contributed by atoms with Gasteiger partial charge in [-0.2, -0.15) is 0 Å². The Kier molecular flexibility index (Phi) is 6.22. The van der Waals surface area contributed by atoms with Gasteiger partial charge < -0.3 is 4.74 Å². The Hall–Kier alpha value is -1.70. The van der Waals surface area contributed by atoms with Crippen molar-refractivity contribution in [1.82, 2.24) is 9.97 Å². The normalized spacial score (nSPS) is 11.9. The Labute approximate surface area is 188 Å². The third-order valence-corrected chi connectivity index (χ3v) is 6.28. The van der Waals surface area contributed by atoms with E-state index in [4.69, 9.17) is 21.3 Å². The maximum absolute atomic E-state index is 12.7. The fourth-order valence-electron chi connectivity index (χ4n) is 2.76. The number of halogens is 2. The van der Waals surface area contributed by atoms with Crippen molar-refractivity contribution in [3.8, 4) is 11.4 Å². The Bertz CT molecular complexity index is 1080. The Morgan fingerprint density at radius 3 is 2.55 bits per heavy atom. The molecule has 0 aliphatic carbocycles. The number of rotatable bonds is 3. The number of pyridine rings is 1. The van der Waals surface area contributed by atoms with E-state index in [-0.39, 0.29) is 6.04 Å². The number of thiazole rings is 1. The minimum atomic E-state index is -0.581. The summed E-state index contributed by atoms with van der Waals surface area (Å²) in [7, 11) is 0. The molecule has 0 aliphatic rings. The first kappa shape index (κ1) is 22.0. The van der Waals surface area contributed by atoms with Crippen molar-refractivity contribution in [2.75, 3.05) is 4.90 Å². The van der Waals surface area contributed by atoms with Crippen LogP contribution >= 0.6 is 38.9 Å². The van der Waals surface area contributed by atoms with Crippen LogP contribution in [-0.4, -0.2) is 27.7 Å². The lowest BCUT2D eigenvalue weighted by atomic mass is 10.1. The second-order valence-corrected chi connectivity index (χ2v) is 10.1. The molecule has 29 heavy (non-hydrogen) atoms. The number of hydrogen-bond acceptors (Lipinski definition) is 5. The SMILES string of the molecule is Cc1ccc2c(Cl)cc(-c3csc(N(C(=O)OC(C)(C)C)C(C)C)n3)nc2c1Br. The highest BCUT2D eigenvalue weighted by Crippen LogP contribution is 2.35. The van der Waals surface area contributed by atoms with E-state index in [2.05, 4.69) is 20.9 Å². The second-order valence-electron chi connectivity index (χ2n) is 8.04. The molecule has 0 unspecified atom stereocenters. The summed E-state index contributed by atoms with van der Waals surface area (Å²) < 4.78 is 6.46. The van der Waals surface area contributed by atoms with Crippen LogP contribution in [0, 0.1) is 6.92 Å². The molecule has 0 spiro atoms. The molecule has 2 heterocycles. The van der Waals surface area contributed by atoms with Crippen molar-refractivity contribution in [2.24, 2.45) is 0 Å². The zero-order chi connectivity index (χ0) is 21.5. The summed E-state index contributed by atoms with van der Waals surface area (Å²) in [5.74, 6) is 0.